The van der Waals surface area contributed by atoms with Gasteiger partial charge >= 0.3 is 0 Å². The number of rotatable bonds is 3. The molecule has 0 heterocycles. The highest BCUT2D eigenvalue weighted by Gasteiger charge is 2.15. The maximum atomic E-state index is 11.8. The highest BCUT2D eigenvalue weighted by atomic mass is 32.1. The number of nitrogens with one attached hydrogen (secondary N) is 1. The van der Waals surface area contributed by atoms with E-state index in [0.717, 1.165) is 11.4 Å². The Kier molecular flexibility index (Phi) is 3.88. The molecule has 1 aliphatic carbocycles. The van der Waals surface area contributed by atoms with Gasteiger partial charge in [0.2, 0.25) is 0 Å². The fraction of sp³-hybridized carbons (Fsp3) is 0.462. The summed E-state index contributed by atoms with van der Waals surface area (Å²) in [6, 6.07) is 7.35. The number of hydrogen-bond acceptors (Lipinski definition) is 2. The summed E-state index contributed by atoms with van der Waals surface area (Å²) < 4.78 is 0. The molecule has 1 aromatic rings. The molecule has 0 atom stereocenters. The Morgan fingerprint density at radius 1 is 1.38 bits per heavy atom. The maximum Gasteiger partial charge on any atom is 0.251 e. The highest BCUT2D eigenvalue weighted by molar-refractivity contribution is 7.80. The van der Waals surface area contributed by atoms with E-state index in [2.05, 4.69) is 17.9 Å². The molecule has 2 rings (SSSR count). The molecule has 1 N–H and O–H groups in total. The zero-order valence-electron chi connectivity index (χ0n) is 9.28. The van der Waals surface area contributed by atoms with Crippen molar-refractivity contribution in [3.63, 3.8) is 0 Å². The number of benzene rings is 1. The lowest BCUT2D eigenvalue weighted by atomic mass is 10.1. The van der Waals surface area contributed by atoms with E-state index in [1.54, 1.807) is 6.07 Å². The van der Waals surface area contributed by atoms with Gasteiger partial charge in [-0.2, -0.15) is 0 Å². The van der Waals surface area contributed by atoms with Crippen LogP contribution < -0.4 is 5.32 Å². The maximum absolute atomic E-state index is 11.8. The summed E-state index contributed by atoms with van der Waals surface area (Å²) in [7, 11) is 0. The predicted molar refractivity (Wildman–Crippen MR) is 68.0 cm³/mol. The SMILES string of the molecule is O=C(NCC1CCCC1)c1cccc(S)c1. The molecule has 1 amide bonds. The van der Waals surface area contributed by atoms with Crippen LogP contribution in [-0.2, 0) is 0 Å². The van der Waals surface area contributed by atoms with E-state index in [1.165, 1.54) is 25.7 Å². The lowest BCUT2D eigenvalue weighted by molar-refractivity contribution is 0.0947. The van der Waals surface area contributed by atoms with E-state index in [0.29, 0.717) is 11.5 Å². The van der Waals surface area contributed by atoms with E-state index in [-0.39, 0.29) is 5.91 Å². The third kappa shape index (κ3) is 3.01. The summed E-state index contributed by atoms with van der Waals surface area (Å²) in [6.07, 6.45) is 5.14. The van der Waals surface area contributed by atoms with Crippen molar-refractivity contribution in [2.45, 2.75) is 30.6 Å². The van der Waals surface area contributed by atoms with E-state index in [9.17, 15) is 4.79 Å². The fourth-order valence-corrected chi connectivity index (χ4v) is 2.43. The van der Waals surface area contributed by atoms with Gasteiger partial charge in [-0.3, -0.25) is 4.79 Å². The molecule has 1 aliphatic rings. The average molecular weight is 235 g/mol. The first-order valence-corrected chi connectivity index (χ1v) is 6.27. The van der Waals surface area contributed by atoms with Crippen molar-refractivity contribution < 1.29 is 4.79 Å². The average Bonchev–Trinajstić information content (AvgIpc) is 2.78. The smallest absolute Gasteiger partial charge is 0.251 e. The Bertz CT molecular complexity index is 372. The second-order valence-corrected chi connectivity index (χ2v) is 4.93. The molecule has 2 nitrogen and oxygen atoms in total. The van der Waals surface area contributed by atoms with Crippen molar-refractivity contribution in [2.24, 2.45) is 5.92 Å². The summed E-state index contributed by atoms with van der Waals surface area (Å²) in [6.45, 7) is 0.815. The van der Waals surface area contributed by atoms with Crippen LogP contribution in [0.5, 0.6) is 0 Å². The minimum atomic E-state index is 0.0165. The third-order valence-electron chi connectivity index (χ3n) is 3.13. The lowest BCUT2D eigenvalue weighted by Gasteiger charge is -2.10. The summed E-state index contributed by atoms with van der Waals surface area (Å²) in [5.74, 6) is 0.700. The number of amides is 1. The van der Waals surface area contributed by atoms with Crippen LogP contribution in [-0.4, -0.2) is 12.5 Å². The Hall–Kier alpha value is -0.960. The van der Waals surface area contributed by atoms with Gasteiger partial charge in [-0.05, 0) is 37.0 Å². The summed E-state index contributed by atoms with van der Waals surface area (Å²) in [5, 5.41) is 3.00. The number of hydrogen-bond donors (Lipinski definition) is 2. The van der Waals surface area contributed by atoms with Crippen molar-refractivity contribution in [3.8, 4) is 0 Å². The fourth-order valence-electron chi connectivity index (χ4n) is 2.20. The molecule has 86 valence electrons. The van der Waals surface area contributed by atoms with Crippen LogP contribution >= 0.6 is 12.6 Å². The van der Waals surface area contributed by atoms with Crippen molar-refractivity contribution in [3.05, 3.63) is 29.8 Å². The van der Waals surface area contributed by atoms with Gasteiger partial charge in [0.25, 0.3) is 5.91 Å². The second kappa shape index (κ2) is 5.39. The first-order chi connectivity index (χ1) is 7.75. The van der Waals surface area contributed by atoms with E-state index in [4.69, 9.17) is 0 Å². The molecule has 0 spiro atoms. The molecule has 16 heavy (non-hydrogen) atoms. The molecule has 1 saturated carbocycles. The lowest BCUT2D eigenvalue weighted by Crippen LogP contribution is -2.28. The zero-order valence-corrected chi connectivity index (χ0v) is 10.2. The van der Waals surface area contributed by atoms with Crippen molar-refractivity contribution in [1.82, 2.24) is 5.32 Å². The standard InChI is InChI=1S/C13H17NOS/c15-13(11-6-3-7-12(16)8-11)14-9-10-4-1-2-5-10/h3,6-8,10,16H,1-2,4-5,9H2,(H,14,15). The molecule has 0 aliphatic heterocycles. The first kappa shape index (κ1) is 11.5. The number of carbonyl (C=O) groups excluding carboxylic acids is 1. The zero-order chi connectivity index (χ0) is 11.4. The van der Waals surface area contributed by atoms with Gasteiger partial charge in [-0.15, -0.1) is 12.6 Å². The minimum absolute atomic E-state index is 0.0165. The van der Waals surface area contributed by atoms with Crippen LogP contribution in [0.15, 0.2) is 29.2 Å². The molecule has 0 unspecified atom stereocenters. The molecular formula is C13H17NOS. The van der Waals surface area contributed by atoms with Crippen molar-refractivity contribution in [2.75, 3.05) is 6.54 Å². The minimum Gasteiger partial charge on any atom is -0.352 e. The molecule has 0 aromatic heterocycles. The first-order valence-electron chi connectivity index (χ1n) is 5.83. The summed E-state index contributed by atoms with van der Waals surface area (Å²) >= 11 is 4.22. The van der Waals surface area contributed by atoms with Gasteiger partial charge < -0.3 is 5.32 Å². The van der Waals surface area contributed by atoms with Crippen LogP contribution in [0, 0.1) is 5.92 Å². The van der Waals surface area contributed by atoms with Gasteiger partial charge in [0.05, 0.1) is 0 Å². The van der Waals surface area contributed by atoms with Crippen LogP contribution in [0.3, 0.4) is 0 Å². The second-order valence-electron chi connectivity index (χ2n) is 4.41. The quantitative estimate of drug-likeness (QED) is 0.775. The van der Waals surface area contributed by atoms with Crippen molar-refractivity contribution >= 4 is 18.5 Å². The van der Waals surface area contributed by atoms with Crippen molar-refractivity contribution in [1.29, 1.82) is 0 Å². The van der Waals surface area contributed by atoms with Crippen LogP contribution in [0.2, 0.25) is 0 Å². The van der Waals surface area contributed by atoms with Gasteiger partial charge in [0.15, 0.2) is 0 Å². The molecule has 3 heteroatoms. The van der Waals surface area contributed by atoms with E-state index < -0.39 is 0 Å². The Morgan fingerprint density at radius 3 is 2.81 bits per heavy atom. The third-order valence-corrected chi connectivity index (χ3v) is 3.41. The molecule has 0 bridgehead atoms. The van der Waals surface area contributed by atoms with Gasteiger partial charge in [-0.1, -0.05) is 18.9 Å². The topological polar surface area (TPSA) is 29.1 Å². The molecule has 0 saturated heterocycles. The van der Waals surface area contributed by atoms with Crippen LogP contribution in [0.4, 0.5) is 0 Å². The largest absolute Gasteiger partial charge is 0.352 e. The van der Waals surface area contributed by atoms with Gasteiger partial charge in [0.1, 0.15) is 0 Å². The van der Waals surface area contributed by atoms with Gasteiger partial charge in [-0.25, -0.2) is 0 Å². The van der Waals surface area contributed by atoms with Crippen LogP contribution in [0.25, 0.3) is 0 Å². The summed E-state index contributed by atoms with van der Waals surface area (Å²) in [5.41, 5.74) is 0.700. The monoisotopic (exact) mass is 235 g/mol. The Balaban J connectivity index is 1.87. The normalized spacial score (nSPS) is 16.3. The predicted octanol–water partition coefficient (Wildman–Crippen LogP) is 2.90. The molecule has 1 fully saturated rings. The molecular weight excluding hydrogens is 218 g/mol. The van der Waals surface area contributed by atoms with Crippen LogP contribution in [0.1, 0.15) is 36.0 Å². The Morgan fingerprint density at radius 2 is 2.12 bits per heavy atom. The summed E-state index contributed by atoms with van der Waals surface area (Å²) in [4.78, 5) is 12.6. The number of thiol groups is 1. The van der Waals surface area contributed by atoms with E-state index in [1.807, 2.05) is 18.2 Å². The molecule has 0 radical (unpaired) electrons. The highest BCUT2D eigenvalue weighted by Crippen LogP contribution is 2.23. The Labute approximate surface area is 102 Å². The van der Waals surface area contributed by atoms with E-state index >= 15 is 0 Å². The molecule has 1 aromatic carbocycles. The van der Waals surface area contributed by atoms with Gasteiger partial charge in [0, 0.05) is 17.0 Å². The number of carbonyl (C=O) groups is 1.